The van der Waals surface area contributed by atoms with Gasteiger partial charge in [0.25, 0.3) is 0 Å². The number of rotatable bonds is 6. The van der Waals surface area contributed by atoms with Gasteiger partial charge in [-0.1, -0.05) is 18.2 Å². The predicted octanol–water partition coefficient (Wildman–Crippen LogP) is 4.17. The summed E-state index contributed by atoms with van der Waals surface area (Å²) in [5, 5.41) is 0. The van der Waals surface area contributed by atoms with Crippen LogP contribution in [0.3, 0.4) is 0 Å². The number of benzene rings is 2. The maximum Gasteiger partial charge on any atom is 3.00 e. The molecule has 0 N–H and O–H groups in total. The van der Waals surface area contributed by atoms with Gasteiger partial charge in [-0.2, -0.15) is 0 Å². The van der Waals surface area contributed by atoms with E-state index in [2.05, 4.69) is 57.2 Å². The van der Waals surface area contributed by atoms with Gasteiger partial charge in [-0.25, -0.2) is 0 Å². The molecule has 0 aliphatic carbocycles. The van der Waals surface area contributed by atoms with Crippen LogP contribution in [-0.4, -0.2) is 44.6 Å². The molecule has 0 aromatic heterocycles. The minimum atomic E-state index is 0. The van der Waals surface area contributed by atoms with Gasteiger partial charge in [0.05, 0.1) is 20.2 Å². The Balaban J connectivity index is 0.00000242. The molecular formula is C19H26NOSb+4. The molecule has 22 heavy (non-hydrogen) atoms. The van der Waals surface area contributed by atoms with Gasteiger partial charge in [0.1, 0.15) is 18.0 Å². The molecule has 2 aromatic carbocycles. The second-order valence-corrected chi connectivity index (χ2v) is 5.57. The molecule has 0 saturated carbocycles. The molecule has 2 nitrogen and oxygen atoms in total. The van der Waals surface area contributed by atoms with Crippen molar-refractivity contribution in [1.82, 2.24) is 4.48 Å². The summed E-state index contributed by atoms with van der Waals surface area (Å²) in [5.41, 5.74) is 4.15. The predicted molar refractivity (Wildman–Crippen MR) is 96.5 cm³/mol. The standard InChI is InChI=1S/C19H26NO.Sb/c1-5-20(6-2,19-10-8-7-9-16(19)3)15-17-11-13-18(21-4)14-12-17;/h7-14H,5-6,15H2,1-4H3;/q+1;+3. The van der Waals surface area contributed by atoms with E-state index in [0.717, 1.165) is 29.9 Å². The van der Waals surface area contributed by atoms with Crippen LogP contribution in [0, 0.1) is 6.92 Å². The number of hydrogen-bond donors (Lipinski definition) is 0. The summed E-state index contributed by atoms with van der Waals surface area (Å²) >= 11 is 0. The molecule has 0 heterocycles. The van der Waals surface area contributed by atoms with Gasteiger partial charge in [-0.15, -0.1) is 0 Å². The van der Waals surface area contributed by atoms with E-state index in [4.69, 9.17) is 4.74 Å². The average Bonchev–Trinajstić information content (AvgIpc) is 2.54. The van der Waals surface area contributed by atoms with Gasteiger partial charge >= 0.3 is 24.4 Å². The van der Waals surface area contributed by atoms with Gasteiger partial charge in [-0.05, 0) is 51.1 Å². The Morgan fingerprint density at radius 2 is 1.50 bits per heavy atom. The Morgan fingerprint density at radius 3 is 2.00 bits per heavy atom. The summed E-state index contributed by atoms with van der Waals surface area (Å²) in [6, 6.07) is 17.2. The molecule has 2 radical (unpaired) electrons. The summed E-state index contributed by atoms with van der Waals surface area (Å²) in [7, 11) is 1.71. The number of quaternary nitrogens is 1. The van der Waals surface area contributed by atoms with Crippen LogP contribution in [0.25, 0.3) is 0 Å². The Bertz CT molecular complexity index is 576. The third-order valence-corrected chi connectivity index (χ3v) is 4.48. The summed E-state index contributed by atoms with van der Waals surface area (Å²) in [5.74, 6) is 0.917. The number of hydrogen-bond acceptors (Lipinski definition) is 1. The van der Waals surface area contributed by atoms with E-state index in [0.29, 0.717) is 0 Å². The second kappa shape index (κ2) is 8.60. The molecule has 0 amide bonds. The number of para-hydroxylation sites is 1. The summed E-state index contributed by atoms with van der Waals surface area (Å²) in [6.45, 7) is 9.96. The van der Waals surface area contributed by atoms with Crippen molar-refractivity contribution in [3.63, 3.8) is 0 Å². The quantitative estimate of drug-likeness (QED) is 0.517. The third kappa shape index (κ3) is 4.06. The van der Waals surface area contributed by atoms with Crippen molar-refractivity contribution in [2.45, 2.75) is 27.3 Å². The molecule has 0 fully saturated rings. The van der Waals surface area contributed by atoms with Crippen molar-refractivity contribution in [3.05, 3.63) is 59.7 Å². The van der Waals surface area contributed by atoms with Crippen LogP contribution in [0.15, 0.2) is 48.5 Å². The van der Waals surface area contributed by atoms with Crippen LogP contribution >= 0.6 is 0 Å². The topological polar surface area (TPSA) is 9.23 Å². The molecule has 2 aromatic rings. The number of ether oxygens (including phenoxy) is 1. The zero-order valence-corrected chi connectivity index (χ0v) is 16.6. The first-order chi connectivity index (χ1) is 10.1. The first-order valence-electron chi connectivity index (χ1n) is 7.70. The fraction of sp³-hybridized carbons (Fsp3) is 0.368. The molecule has 0 saturated heterocycles. The minimum Gasteiger partial charge on any atom is -0.497 e. The first-order valence-corrected chi connectivity index (χ1v) is 7.70. The van der Waals surface area contributed by atoms with Gasteiger partial charge in [0.2, 0.25) is 0 Å². The normalized spacial score (nSPS) is 10.9. The molecule has 0 aliphatic heterocycles. The first kappa shape index (κ1) is 19.1. The molecule has 0 atom stereocenters. The zero-order valence-electron chi connectivity index (χ0n) is 14.0. The van der Waals surface area contributed by atoms with Crippen LogP contribution in [0.4, 0.5) is 5.69 Å². The van der Waals surface area contributed by atoms with Crippen LogP contribution in [0.5, 0.6) is 5.75 Å². The van der Waals surface area contributed by atoms with Crippen molar-refractivity contribution in [3.8, 4) is 5.75 Å². The fourth-order valence-corrected chi connectivity index (χ4v) is 3.05. The van der Waals surface area contributed by atoms with Crippen LogP contribution in [-0.2, 0) is 6.54 Å². The molecule has 0 aliphatic rings. The van der Waals surface area contributed by atoms with Crippen LogP contribution in [0.1, 0.15) is 25.0 Å². The largest absolute Gasteiger partial charge is 3.00 e. The Kier molecular flexibility index (Phi) is 7.45. The van der Waals surface area contributed by atoms with E-state index in [-0.39, 0.29) is 24.4 Å². The summed E-state index contributed by atoms with van der Waals surface area (Å²) in [6.07, 6.45) is 0. The number of aryl methyl sites for hydroxylation is 1. The van der Waals surface area contributed by atoms with E-state index in [1.807, 2.05) is 12.1 Å². The zero-order chi connectivity index (χ0) is 15.3. The van der Waals surface area contributed by atoms with Crippen molar-refractivity contribution >= 4 is 30.1 Å². The smallest absolute Gasteiger partial charge is 0.497 e. The van der Waals surface area contributed by atoms with Crippen LogP contribution < -0.4 is 9.22 Å². The Morgan fingerprint density at radius 1 is 0.909 bits per heavy atom. The molecule has 114 valence electrons. The molecule has 2 rings (SSSR count). The van der Waals surface area contributed by atoms with E-state index >= 15 is 0 Å². The summed E-state index contributed by atoms with van der Waals surface area (Å²) < 4.78 is 6.24. The van der Waals surface area contributed by atoms with E-state index < -0.39 is 0 Å². The Hall–Kier alpha value is -0.982. The minimum absolute atomic E-state index is 0. The van der Waals surface area contributed by atoms with Crippen molar-refractivity contribution in [2.24, 2.45) is 0 Å². The Labute approximate surface area is 152 Å². The van der Waals surface area contributed by atoms with E-state index in [1.165, 1.54) is 16.8 Å². The molecule has 0 unspecified atom stereocenters. The van der Waals surface area contributed by atoms with Gasteiger partial charge < -0.3 is 4.74 Å². The maximum atomic E-state index is 5.25. The molecule has 3 heteroatoms. The van der Waals surface area contributed by atoms with Gasteiger partial charge in [0.15, 0.2) is 0 Å². The number of nitrogens with zero attached hydrogens (tertiary/aromatic N) is 1. The average molecular weight is 406 g/mol. The maximum absolute atomic E-state index is 5.25. The monoisotopic (exact) mass is 405 g/mol. The van der Waals surface area contributed by atoms with E-state index in [1.54, 1.807) is 7.11 Å². The summed E-state index contributed by atoms with van der Waals surface area (Å²) in [4.78, 5) is 0. The van der Waals surface area contributed by atoms with Crippen molar-refractivity contribution in [2.75, 3.05) is 20.2 Å². The molecular weight excluding hydrogens is 380 g/mol. The van der Waals surface area contributed by atoms with E-state index in [9.17, 15) is 0 Å². The third-order valence-electron chi connectivity index (χ3n) is 4.48. The SMILES string of the molecule is CC[N+](CC)(Cc1ccc(OC)cc1)c1ccccc1C.[Sb+3]. The van der Waals surface area contributed by atoms with Gasteiger partial charge in [0, 0.05) is 11.1 Å². The number of methoxy groups -OCH3 is 1. The van der Waals surface area contributed by atoms with Crippen LogP contribution in [0.2, 0.25) is 0 Å². The second-order valence-electron chi connectivity index (χ2n) is 5.57. The van der Waals surface area contributed by atoms with Crippen molar-refractivity contribution in [1.29, 1.82) is 0 Å². The van der Waals surface area contributed by atoms with Gasteiger partial charge in [-0.3, -0.25) is 4.48 Å². The molecule has 0 bridgehead atoms. The fourth-order valence-electron chi connectivity index (χ4n) is 3.05. The van der Waals surface area contributed by atoms with Crippen molar-refractivity contribution < 1.29 is 4.74 Å². The molecule has 0 spiro atoms.